The number of benzene rings is 5. The predicted molar refractivity (Wildman–Crippen MR) is 247 cm³/mol. The molecule has 6 aromatic rings. The summed E-state index contributed by atoms with van der Waals surface area (Å²) in [5, 5.41) is 6.52. The van der Waals surface area contributed by atoms with Crippen molar-refractivity contribution in [2.45, 2.75) is 101 Å². The maximum absolute atomic E-state index is 7.04. The van der Waals surface area contributed by atoms with Gasteiger partial charge in [-0.2, -0.15) is 0 Å². The average Bonchev–Trinajstić information content (AvgIpc) is 3.54. The summed E-state index contributed by atoms with van der Waals surface area (Å²) in [6.45, 7) is 14.8. The maximum Gasteiger partial charge on any atom is 0.198 e. The van der Waals surface area contributed by atoms with Gasteiger partial charge in [-0.1, -0.05) is 142 Å². The van der Waals surface area contributed by atoms with Crippen molar-refractivity contribution in [2.75, 3.05) is 10.2 Å². The van der Waals surface area contributed by atoms with Gasteiger partial charge in [0.05, 0.1) is 16.0 Å². The first-order valence-corrected chi connectivity index (χ1v) is 22.4. The van der Waals surface area contributed by atoms with E-state index in [0.717, 1.165) is 36.8 Å². The van der Waals surface area contributed by atoms with E-state index < -0.39 is 0 Å². The molecule has 1 radical (unpaired) electrons. The second-order valence-corrected chi connectivity index (χ2v) is 20.7. The lowest BCUT2D eigenvalue weighted by Crippen LogP contribution is -2.48. The SMILES string of the molecule is CCC(CC1=C(C)C(C)(C)CCC1(C)C)N1c2cc3c(oc4ccccc43)c(-c3cccc4c3NC35C=CC=CC3(C5)S4)c2[B]c2ccc3c(c21)Cc1ccccc1-3. The largest absolute Gasteiger partial charge is 0.455 e. The molecular weight excluding hydrogens is 723 g/mol. The molecule has 0 bridgehead atoms. The first-order valence-electron chi connectivity index (χ1n) is 21.6. The van der Waals surface area contributed by atoms with Crippen molar-refractivity contribution in [3.05, 3.63) is 132 Å². The highest BCUT2D eigenvalue weighted by Crippen LogP contribution is 2.69. The minimum atomic E-state index is -0.0608. The van der Waals surface area contributed by atoms with Crippen LogP contribution in [0.3, 0.4) is 0 Å². The fourth-order valence-corrected chi connectivity index (χ4v) is 13.2. The van der Waals surface area contributed by atoms with Gasteiger partial charge < -0.3 is 14.6 Å². The lowest BCUT2D eigenvalue weighted by atomic mass is 9.57. The van der Waals surface area contributed by atoms with Crippen molar-refractivity contribution in [3.8, 4) is 22.3 Å². The maximum atomic E-state index is 7.04. The van der Waals surface area contributed by atoms with E-state index in [0.29, 0.717) is 0 Å². The number of hydrogen-bond acceptors (Lipinski definition) is 4. The van der Waals surface area contributed by atoms with Gasteiger partial charge in [0.2, 0.25) is 0 Å². The van der Waals surface area contributed by atoms with E-state index >= 15 is 0 Å². The highest BCUT2D eigenvalue weighted by molar-refractivity contribution is 8.01. The zero-order valence-corrected chi connectivity index (χ0v) is 35.4. The van der Waals surface area contributed by atoms with Crippen LogP contribution in [0.1, 0.15) is 84.8 Å². The fraction of sp³-hybridized carbons (Fsp3) is 0.321. The number of nitrogens with zero attached hydrogens (tertiary/aromatic N) is 1. The Balaban J connectivity index is 1.14. The van der Waals surface area contributed by atoms with Crippen molar-refractivity contribution in [3.63, 3.8) is 0 Å². The Morgan fingerprint density at radius 3 is 2.52 bits per heavy atom. The van der Waals surface area contributed by atoms with E-state index in [4.69, 9.17) is 4.42 Å². The lowest BCUT2D eigenvalue weighted by Gasteiger charge is -2.47. The Hall–Kier alpha value is -4.87. The number of para-hydroxylation sites is 2. The zero-order chi connectivity index (χ0) is 39.3. The van der Waals surface area contributed by atoms with Crippen LogP contribution in [-0.4, -0.2) is 23.6 Å². The molecule has 12 rings (SSSR count). The number of rotatable bonds is 5. The molecule has 1 N–H and O–H groups in total. The number of thioether (sulfide) groups is 1. The van der Waals surface area contributed by atoms with Crippen LogP contribution >= 0.6 is 11.8 Å². The average molecular weight is 774 g/mol. The normalized spacial score (nSPS) is 24.2. The van der Waals surface area contributed by atoms with Gasteiger partial charge in [0.15, 0.2) is 7.28 Å². The molecule has 2 aliphatic heterocycles. The molecule has 287 valence electrons. The number of nitrogens with one attached hydrogen (secondary N) is 1. The van der Waals surface area contributed by atoms with Gasteiger partial charge in [0, 0.05) is 50.6 Å². The number of furan rings is 1. The summed E-state index contributed by atoms with van der Waals surface area (Å²) >= 11 is 2.03. The second-order valence-electron chi connectivity index (χ2n) is 19.3. The third-order valence-electron chi connectivity index (χ3n) is 15.4. The summed E-state index contributed by atoms with van der Waals surface area (Å²) in [5.41, 5.74) is 20.0. The van der Waals surface area contributed by atoms with E-state index in [2.05, 4.69) is 168 Å². The molecule has 3 unspecified atom stereocenters. The van der Waals surface area contributed by atoms with Crippen LogP contribution in [0.2, 0.25) is 0 Å². The first-order chi connectivity index (χ1) is 28.0. The van der Waals surface area contributed by atoms with Gasteiger partial charge in [0.1, 0.15) is 11.2 Å². The molecular formula is C53H50BN2OS. The molecule has 0 saturated heterocycles. The molecule has 1 saturated carbocycles. The highest BCUT2D eigenvalue weighted by atomic mass is 32.2. The van der Waals surface area contributed by atoms with Gasteiger partial charge in [-0.3, -0.25) is 0 Å². The summed E-state index contributed by atoms with van der Waals surface area (Å²) in [4.78, 5) is 4.14. The van der Waals surface area contributed by atoms with Crippen LogP contribution in [0.4, 0.5) is 17.1 Å². The van der Waals surface area contributed by atoms with Crippen molar-refractivity contribution < 1.29 is 4.42 Å². The van der Waals surface area contributed by atoms with Crippen LogP contribution in [0.25, 0.3) is 44.2 Å². The topological polar surface area (TPSA) is 28.4 Å². The Morgan fingerprint density at radius 1 is 0.845 bits per heavy atom. The first kappa shape index (κ1) is 35.1. The van der Waals surface area contributed by atoms with Crippen molar-refractivity contribution in [1.29, 1.82) is 0 Å². The van der Waals surface area contributed by atoms with Crippen LogP contribution in [0, 0.1) is 10.8 Å². The standard InChI is InChI=1S/C53H50BN2OS/c1-7-33(28-40-31(2)50(3,4)25-26-51(40,5)6)56-42-29-39-36-17-10-11-19-43(36)57-49(39)45(37-18-14-20-44-47(37)55-52-23-12-13-24-53(52,30-52)58-44)46(42)54-41-22-21-35-34-16-9-8-15-32(34)27-38(35)48(41)56/h8-24,29,33,55H,7,25-28,30H2,1-6H3. The van der Waals surface area contributed by atoms with Crippen LogP contribution in [0.15, 0.2) is 130 Å². The number of fused-ring (bicyclic) bond motifs is 10. The highest BCUT2D eigenvalue weighted by Gasteiger charge is 2.68. The van der Waals surface area contributed by atoms with E-state index in [1.54, 1.807) is 11.1 Å². The number of anilines is 3. The van der Waals surface area contributed by atoms with E-state index in [1.165, 1.54) is 89.9 Å². The summed E-state index contributed by atoms with van der Waals surface area (Å²) in [6, 6.07) is 32.2. The van der Waals surface area contributed by atoms with Crippen LogP contribution < -0.4 is 21.1 Å². The Labute approximate surface area is 347 Å². The molecule has 3 heterocycles. The van der Waals surface area contributed by atoms with Gasteiger partial charge in [-0.25, -0.2) is 0 Å². The van der Waals surface area contributed by atoms with Gasteiger partial charge >= 0.3 is 0 Å². The third kappa shape index (κ3) is 4.71. The molecule has 0 spiro atoms. The molecule has 4 aliphatic carbocycles. The molecule has 58 heavy (non-hydrogen) atoms. The van der Waals surface area contributed by atoms with E-state index in [-0.39, 0.29) is 27.2 Å². The predicted octanol–water partition coefficient (Wildman–Crippen LogP) is 12.8. The van der Waals surface area contributed by atoms with Crippen LogP contribution in [0.5, 0.6) is 0 Å². The van der Waals surface area contributed by atoms with E-state index in [9.17, 15) is 0 Å². The Morgan fingerprint density at radius 2 is 1.64 bits per heavy atom. The molecule has 3 nitrogen and oxygen atoms in total. The molecule has 5 heteroatoms. The van der Waals surface area contributed by atoms with Gasteiger partial charge in [-0.15, -0.1) is 11.8 Å². The number of allylic oxidation sites excluding steroid dienone is 3. The summed E-state index contributed by atoms with van der Waals surface area (Å²) in [6.07, 6.45) is 15.8. The minimum absolute atomic E-state index is 0.0608. The molecule has 1 aromatic heterocycles. The molecule has 6 aliphatic rings. The lowest BCUT2D eigenvalue weighted by molar-refractivity contribution is 0.251. The molecule has 1 fully saturated rings. The monoisotopic (exact) mass is 773 g/mol. The van der Waals surface area contributed by atoms with Gasteiger partial charge in [-0.05, 0) is 95.8 Å². The molecule has 5 aromatic carbocycles. The van der Waals surface area contributed by atoms with E-state index in [1.807, 2.05) is 11.8 Å². The van der Waals surface area contributed by atoms with Gasteiger partial charge in [0.25, 0.3) is 0 Å². The van der Waals surface area contributed by atoms with Crippen molar-refractivity contribution >= 4 is 69.0 Å². The van der Waals surface area contributed by atoms with Crippen molar-refractivity contribution in [2.24, 2.45) is 10.8 Å². The zero-order valence-electron chi connectivity index (χ0n) is 34.6. The summed E-state index contributed by atoms with van der Waals surface area (Å²) in [5.74, 6) is 0. The molecule has 3 atom stereocenters. The Bertz CT molecular complexity index is 2890. The third-order valence-corrected chi connectivity index (χ3v) is 16.9. The smallest absolute Gasteiger partial charge is 0.198 e. The van der Waals surface area contributed by atoms with Crippen LogP contribution in [-0.2, 0) is 6.42 Å². The summed E-state index contributed by atoms with van der Waals surface area (Å²) < 4.78 is 7.13. The second kappa shape index (κ2) is 11.9. The number of hydrogen-bond donors (Lipinski definition) is 1. The Kier molecular flexibility index (Phi) is 7.19. The summed E-state index contributed by atoms with van der Waals surface area (Å²) in [7, 11) is 2.51. The van der Waals surface area contributed by atoms with Crippen molar-refractivity contribution in [1.82, 2.24) is 0 Å². The molecule has 0 amide bonds. The minimum Gasteiger partial charge on any atom is -0.455 e. The fourth-order valence-electron chi connectivity index (χ4n) is 11.6. The quantitative estimate of drug-likeness (QED) is 0.139.